The van der Waals surface area contributed by atoms with Crippen LogP contribution in [-0.2, 0) is 10.0 Å². The van der Waals surface area contributed by atoms with E-state index in [-0.39, 0.29) is 11.4 Å². The second-order valence-corrected chi connectivity index (χ2v) is 8.30. The summed E-state index contributed by atoms with van der Waals surface area (Å²) in [6, 6.07) is 12.7. The molecule has 0 amide bonds. The van der Waals surface area contributed by atoms with E-state index in [1.54, 1.807) is 31.3 Å². The number of sulfonamides is 1. The Morgan fingerprint density at radius 2 is 1.70 bits per heavy atom. The van der Waals surface area contributed by atoms with Crippen LogP contribution in [0.15, 0.2) is 51.8 Å². The molecule has 0 heterocycles. The fraction of sp³-hybridized carbons (Fsp3) is 0.294. The number of aryl methyl sites for hydroxylation is 2. The van der Waals surface area contributed by atoms with Gasteiger partial charge in [0.1, 0.15) is 12.4 Å². The lowest BCUT2D eigenvalue weighted by atomic mass is 10.1. The molecule has 0 radical (unpaired) electrons. The van der Waals surface area contributed by atoms with Gasteiger partial charge in [-0.25, -0.2) is 8.42 Å². The van der Waals surface area contributed by atoms with E-state index in [9.17, 15) is 8.42 Å². The van der Waals surface area contributed by atoms with Crippen molar-refractivity contribution in [2.24, 2.45) is 0 Å². The predicted octanol–water partition coefficient (Wildman–Crippen LogP) is 3.77. The van der Waals surface area contributed by atoms with Gasteiger partial charge in [-0.05, 0) is 65.2 Å². The van der Waals surface area contributed by atoms with E-state index in [2.05, 4.69) is 22.0 Å². The van der Waals surface area contributed by atoms with E-state index in [1.165, 1.54) is 4.31 Å². The lowest BCUT2D eigenvalue weighted by Crippen LogP contribution is -2.31. The van der Waals surface area contributed by atoms with Gasteiger partial charge in [0.2, 0.25) is 10.0 Å². The Morgan fingerprint density at radius 3 is 2.30 bits per heavy atom. The second-order valence-electron chi connectivity index (χ2n) is 5.43. The number of nitrogens with zero attached hydrogens (tertiary/aromatic N) is 1. The average Bonchev–Trinajstić information content (AvgIpc) is 2.46. The minimum atomic E-state index is -3.53. The monoisotopic (exact) mass is 397 g/mol. The number of hydrogen-bond acceptors (Lipinski definition) is 3. The van der Waals surface area contributed by atoms with Gasteiger partial charge in [0.15, 0.2) is 0 Å². The number of likely N-dealkylation sites (N-methyl/N-ethyl adjacent to an activating group) is 1. The molecule has 2 aromatic rings. The fourth-order valence-corrected chi connectivity index (χ4v) is 4.36. The van der Waals surface area contributed by atoms with E-state index in [4.69, 9.17) is 4.74 Å². The molecule has 0 saturated carbocycles. The first-order chi connectivity index (χ1) is 10.8. The molecule has 0 aliphatic heterocycles. The van der Waals surface area contributed by atoms with Crippen LogP contribution in [0.5, 0.6) is 5.75 Å². The summed E-state index contributed by atoms with van der Waals surface area (Å²) >= 11 is 3.28. The molecule has 0 N–H and O–H groups in total. The molecule has 23 heavy (non-hydrogen) atoms. The van der Waals surface area contributed by atoms with Crippen LogP contribution in [0.2, 0.25) is 0 Å². The highest BCUT2D eigenvalue weighted by atomic mass is 79.9. The Kier molecular flexibility index (Phi) is 5.84. The summed E-state index contributed by atoms with van der Waals surface area (Å²) in [6.07, 6.45) is 0. The normalized spacial score (nSPS) is 11.7. The lowest BCUT2D eigenvalue weighted by Gasteiger charge is -2.18. The van der Waals surface area contributed by atoms with Crippen molar-refractivity contribution < 1.29 is 13.2 Å². The van der Waals surface area contributed by atoms with Crippen LogP contribution < -0.4 is 4.74 Å². The van der Waals surface area contributed by atoms with Crippen molar-refractivity contribution in [3.05, 3.63) is 58.1 Å². The standard InChI is InChI=1S/C17H20BrNO3S/c1-13-10-14(2)12-15(11-13)22-9-8-19(3)23(20,21)17-7-5-4-6-16(17)18/h4-7,10-12H,8-9H2,1-3H3. The molecular weight excluding hydrogens is 378 g/mol. The van der Waals surface area contributed by atoms with Gasteiger partial charge in [-0.1, -0.05) is 18.2 Å². The molecule has 0 bridgehead atoms. The third-order valence-corrected chi connectivity index (χ3v) is 6.26. The van der Waals surface area contributed by atoms with Gasteiger partial charge in [-0.2, -0.15) is 4.31 Å². The molecule has 2 aromatic carbocycles. The highest BCUT2D eigenvalue weighted by molar-refractivity contribution is 9.10. The predicted molar refractivity (Wildman–Crippen MR) is 95.4 cm³/mol. The van der Waals surface area contributed by atoms with E-state index in [0.717, 1.165) is 16.9 Å². The molecule has 2 rings (SSSR count). The maximum atomic E-state index is 12.5. The Morgan fingerprint density at radius 1 is 1.09 bits per heavy atom. The van der Waals surface area contributed by atoms with E-state index < -0.39 is 10.0 Å². The molecule has 0 aliphatic carbocycles. The molecule has 0 atom stereocenters. The fourth-order valence-electron chi connectivity index (χ4n) is 2.25. The number of rotatable bonds is 6. The van der Waals surface area contributed by atoms with Gasteiger partial charge in [0.25, 0.3) is 0 Å². The van der Waals surface area contributed by atoms with E-state index in [0.29, 0.717) is 11.1 Å². The van der Waals surface area contributed by atoms with Gasteiger partial charge in [0, 0.05) is 18.1 Å². The van der Waals surface area contributed by atoms with Gasteiger partial charge < -0.3 is 4.74 Å². The van der Waals surface area contributed by atoms with Crippen molar-refractivity contribution >= 4 is 26.0 Å². The molecule has 0 aliphatic rings. The Hall–Kier alpha value is -1.37. The van der Waals surface area contributed by atoms with Crippen LogP contribution >= 0.6 is 15.9 Å². The zero-order chi connectivity index (χ0) is 17.0. The summed E-state index contributed by atoms with van der Waals surface area (Å²) in [6.45, 7) is 4.58. The number of ether oxygens (including phenoxy) is 1. The number of benzene rings is 2. The summed E-state index contributed by atoms with van der Waals surface area (Å²) in [4.78, 5) is 0.258. The summed E-state index contributed by atoms with van der Waals surface area (Å²) in [7, 11) is -1.98. The van der Waals surface area contributed by atoms with Crippen LogP contribution in [0.25, 0.3) is 0 Å². The van der Waals surface area contributed by atoms with Gasteiger partial charge in [-0.15, -0.1) is 0 Å². The molecule has 6 heteroatoms. The largest absolute Gasteiger partial charge is 0.492 e. The lowest BCUT2D eigenvalue weighted by molar-refractivity contribution is 0.286. The smallest absolute Gasteiger partial charge is 0.244 e. The Labute approximate surface area is 146 Å². The summed E-state index contributed by atoms with van der Waals surface area (Å²) < 4.78 is 32.6. The molecule has 0 fully saturated rings. The van der Waals surface area contributed by atoms with Crippen LogP contribution in [0.1, 0.15) is 11.1 Å². The Balaban J connectivity index is 2.02. The van der Waals surface area contributed by atoms with Crippen LogP contribution in [0.4, 0.5) is 0 Å². The van der Waals surface area contributed by atoms with Crippen molar-refractivity contribution in [2.75, 3.05) is 20.2 Å². The summed E-state index contributed by atoms with van der Waals surface area (Å²) in [5.74, 6) is 0.759. The van der Waals surface area contributed by atoms with E-state index in [1.807, 2.05) is 26.0 Å². The zero-order valence-corrected chi connectivity index (χ0v) is 15.8. The highest BCUT2D eigenvalue weighted by Crippen LogP contribution is 2.24. The van der Waals surface area contributed by atoms with Crippen molar-refractivity contribution in [1.29, 1.82) is 0 Å². The van der Waals surface area contributed by atoms with Gasteiger partial charge >= 0.3 is 0 Å². The van der Waals surface area contributed by atoms with Gasteiger partial charge in [-0.3, -0.25) is 0 Å². The van der Waals surface area contributed by atoms with Crippen LogP contribution in [0.3, 0.4) is 0 Å². The minimum absolute atomic E-state index is 0.258. The second kappa shape index (κ2) is 7.47. The van der Waals surface area contributed by atoms with Crippen molar-refractivity contribution in [3.8, 4) is 5.75 Å². The molecule has 0 aromatic heterocycles. The minimum Gasteiger partial charge on any atom is -0.492 e. The number of halogens is 1. The van der Waals surface area contributed by atoms with E-state index >= 15 is 0 Å². The van der Waals surface area contributed by atoms with Crippen molar-refractivity contribution in [2.45, 2.75) is 18.7 Å². The zero-order valence-electron chi connectivity index (χ0n) is 13.4. The molecule has 0 unspecified atom stereocenters. The summed E-state index contributed by atoms with van der Waals surface area (Å²) in [5.41, 5.74) is 2.24. The third-order valence-electron chi connectivity index (χ3n) is 3.39. The first-order valence-corrected chi connectivity index (χ1v) is 9.46. The van der Waals surface area contributed by atoms with Crippen LogP contribution in [-0.4, -0.2) is 32.9 Å². The number of hydrogen-bond donors (Lipinski definition) is 0. The molecule has 0 saturated heterocycles. The highest BCUT2D eigenvalue weighted by Gasteiger charge is 2.22. The van der Waals surface area contributed by atoms with Crippen molar-refractivity contribution in [1.82, 2.24) is 4.31 Å². The maximum Gasteiger partial charge on any atom is 0.244 e. The maximum absolute atomic E-state index is 12.5. The molecule has 4 nitrogen and oxygen atoms in total. The molecule has 0 spiro atoms. The topological polar surface area (TPSA) is 46.6 Å². The van der Waals surface area contributed by atoms with Crippen LogP contribution in [0, 0.1) is 13.8 Å². The van der Waals surface area contributed by atoms with Crippen molar-refractivity contribution in [3.63, 3.8) is 0 Å². The SMILES string of the molecule is Cc1cc(C)cc(OCCN(C)S(=O)(=O)c2ccccc2Br)c1. The third kappa shape index (κ3) is 4.56. The Bertz CT molecular complexity index is 770. The summed E-state index contributed by atoms with van der Waals surface area (Å²) in [5, 5.41) is 0. The molecule has 124 valence electrons. The first-order valence-electron chi connectivity index (χ1n) is 7.22. The molecular formula is C17H20BrNO3S. The quantitative estimate of drug-likeness (QED) is 0.745. The first kappa shape index (κ1) is 18.0. The van der Waals surface area contributed by atoms with Gasteiger partial charge in [0.05, 0.1) is 4.90 Å². The average molecular weight is 398 g/mol.